The zero-order valence-corrected chi connectivity index (χ0v) is 5.39. The molecule has 1 heteroatoms. The van der Waals surface area contributed by atoms with E-state index in [-0.39, 0.29) is 0 Å². The lowest BCUT2D eigenvalue weighted by Gasteiger charge is -1.93. The fourth-order valence-electron chi connectivity index (χ4n) is 0.437. The predicted octanol–water partition coefficient (Wildman–Crippen LogP) is 1.80. The molecule has 0 unspecified atom stereocenters. The number of ether oxygens (including phenoxy) is 1. The van der Waals surface area contributed by atoms with Crippen molar-refractivity contribution in [1.82, 2.24) is 0 Å². The van der Waals surface area contributed by atoms with Crippen molar-refractivity contribution < 1.29 is 4.74 Å². The van der Waals surface area contributed by atoms with Crippen molar-refractivity contribution in [3.8, 4) is 0 Å². The molecular formula is C7H13O. The largest absolute Gasteiger partial charge is 0.384 e. The molecule has 0 heterocycles. The van der Waals surface area contributed by atoms with E-state index in [9.17, 15) is 0 Å². The van der Waals surface area contributed by atoms with Crippen LogP contribution in [-0.4, -0.2) is 13.7 Å². The smallest absolute Gasteiger partial charge is 0.0494 e. The normalized spacial score (nSPS) is 9.12. The molecule has 0 saturated carbocycles. The summed E-state index contributed by atoms with van der Waals surface area (Å²) in [6.07, 6.45) is 6.15. The molecular weight excluding hydrogens is 100 g/mol. The van der Waals surface area contributed by atoms with Crippen LogP contribution in [0, 0.1) is 6.42 Å². The maximum absolute atomic E-state index is 4.80. The van der Waals surface area contributed by atoms with Crippen molar-refractivity contribution in [2.45, 2.75) is 12.8 Å². The fourth-order valence-corrected chi connectivity index (χ4v) is 0.437. The van der Waals surface area contributed by atoms with Crippen molar-refractivity contribution in [3.63, 3.8) is 0 Å². The number of methoxy groups -OCH3 is 1. The lowest BCUT2D eigenvalue weighted by atomic mass is 10.2. The van der Waals surface area contributed by atoms with Gasteiger partial charge in [0.05, 0.1) is 0 Å². The summed E-state index contributed by atoms with van der Waals surface area (Å²) in [5.74, 6) is 0. The second-order valence-corrected chi connectivity index (χ2v) is 1.61. The molecule has 0 atom stereocenters. The van der Waals surface area contributed by atoms with Crippen molar-refractivity contribution in [1.29, 1.82) is 0 Å². The van der Waals surface area contributed by atoms with Crippen LogP contribution in [0.15, 0.2) is 12.7 Å². The third-order valence-corrected chi connectivity index (χ3v) is 0.859. The molecule has 0 amide bonds. The monoisotopic (exact) mass is 113 g/mol. The first kappa shape index (κ1) is 7.70. The van der Waals surface area contributed by atoms with Crippen LogP contribution in [0.1, 0.15) is 12.8 Å². The van der Waals surface area contributed by atoms with Gasteiger partial charge >= 0.3 is 0 Å². The third kappa shape index (κ3) is 5.70. The van der Waals surface area contributed by atoms with Gasteiger partial charge in [0.15, 0.2) is 0 Å². The molecule has 0 aromatic rings. The van der Waals surface area contributed by atoms with Gasteiger partial charge < -0.3 is 4.74 Å². The molecule has 0 N–H and O–H groups in total. The van der Waals surface area contributed by atoms with Gasteiger partial charge in [-0.25, -0.2) is 0 Å². The molecule has 0 saturated heterocycles. The Bertz CT molecular complexity index is 50.3. The first-order chi connectivity index (χ1) is 3.91. The topological polar surface area (TPSA) is 9.23 Å². The van der Waals surface area contributed by atoms with Gasteiger partial charge in [-0.05, 0) is 19.3 Å². The minimum Gasteiger partial charge on any atom is -0.384 e. The Morgan fingerprint density at radius 3 is 2.75 bits per heavy atom. The van der Waals surface area contributed by atoms with Crippen LogP contribution in [0.25, 0.3) is 0 Å². The summed E-state index contributed by atoms with van der Waals surface area (Å²) < 4.78 is 4.80. The van der Waals surface area contributed by atoms with Gasteiger partial charge in [0, 0.05) is 13.7 Å². The number of allylic oxidation sites excluding steroid dienone is 1. The second-order valence-electron chi connectivity index (χ2n) is 1.61. The molecule has 1 radical (unpaired) electrons. The van der Waals surface area contributed by atoms with E-state index in [1.54, 1.807) is 7.11 Å². The Kier molecular flexibility index (Phi) is 6.45. The molecule has 0 aliphatic heterocycles. The molecule has 0 aliphatic carbocycles. The number of rotatable bonds is 5. The Hall–Kier alpha value is -0.300. The minimum absolute atomic E-state index is 0.758. The Balaban J connectivity index is 2.62. The lowest BCUT2D eigenvalue weighted by Crippen LogP contribution is -1.87. The first-order valence-electron chi connectivity index (χ1n) is 2.83. The van der Waals surface area contributed by atoms with Gasteiger partial charge in [0.2, 0.25) is 0 Å². The Morgan fingerprint density at radius 1 is 1.50 bits per heavy atom. The molecule has 1 nitrogen and oxygen atoms in total. The highest BCUT2D eigenvalue weighted by atomic mass is 16.5. The van der Waals surface area contributed by atoms with Gasteiger partial charge in [-0.2, -0.15) is 0 Å². The van der Waals surface area contributed by atoms with Crippen LogP contribution in [-0.2, 0) is 4.74 Å². The highest BCUT2D eigenvalue weighted by Gasteiger charge is 1.82. The summed E-state index contributed by atoms with van der Waals surface area (Å²) in [6, 6.07) is 0. The van der Waals surface area contributed by atoms with E-state index in [2.05, 4.69) is 13.0 Å². The van der Waals surface area contributed by atoms with E-state index in [0.29, 0.717) is 0 Å². The Morgan fingerprint density at radius 2 is 2.25 bits per heavy atom. The SMILES string of the molecule is C=CCC[CH]COC. The second kappa shape index (κ2) is 6.70. The molecule has 47 valence electrons. The highest BCUT2D eigenvalue weighted by Crippen LogP contribution is 1.92. The van der Waals surface area contributed by atoms with Gasteiger partial charge in [-0.15, -0.1) is 6.58 Å². The summed E-state index contributed by atoms with van der Waals surface area (Å²) in [4.78, 5) is 0. The standard InChI is InChI=1S/C7H13O/c1-3-4-5-6-7-8-2/h3,6H,1,4-5,7H2,2H3. The predicted molar refractivity (Wildman–Crippen MR) is 35.6 cm³/mol. The number of hydrogen-bond acceptors (Lipinski definition) is 1. The van der Waals surface area contributed by atoms with E-state index in [1.165, 1.54) is 0 Å². The van der Waals surface area contributed by atoms with Crippen molar-refractivity contribution in [2.75, 3.05) is 13.7 Å². The average Bonchev–Trinajstić information content (AvgIpc) is 1.81. The molecule has 0 aromatic carbocycles. The maximum atomic E-state index is 4.80. The van der Waals surface area contributed by atoms with Crippen LogP contribution >= 0.6 is 0 Å². The van der Waals surface area contributed by atoms with Crippen LogP contribution in [0.3, 0.4) is 0 Å². The Labute approximate surface area is 51.4 Å². The molecule has 0 bridgehead atoms. The van der Waals surface area contributed by atoms with Crippen LogP contribution in [0.2, 0.25) is 0 Å². The van der Waals surface area contributed by atoms with Crippen LogP contribution in [0.4, 0.5) is 0 Å². The van der Waals surface area contributed by atoms with Gasteiger partial charge in [0.25, 0.3) is 0 Å². The fraction of sp³-hybridized carbons (Fsp3) is 0.571. The molecule has 0 rings (SSSR count). The molecule has 0 fully saturated rings. The van der Waals surface area contributed by atoms with E-state index in [0.717, 1.165) is 19.4 Å². The molecule has 8 heavy (non-hydrogen) atoms. The number of hydrogen-bond donors (Lipinski definition) is 0. The molecule has 0 aliphatic rings. The lowest BCUT2D eigenvalue weighted by molar-refractivity contribution is 0.220. The van der Waals surface area contributed by atoms with Crippen molar-refractivity contribution in [3.05, 3.63) is 19.1 Å². The van der Waals surface area contributed by atoms with Gasteiger partial charge in [-0.3, -0.25) is 0 Å². The third-order valence-electron chi connectivity index (χ3n) is 0.859. The maximum Gasteiger partial charge on any atom is 0.0494 e. The van der Waals surface area contributed by atoms with Crippen LogP contribution < -0.4 is 0 Å². The van der Waals surface area contributed by atoms with E-state index < -0.39 is 0 Å². The quantitative estimate of drug-likeness (QED) is 0.390. The molecule has 0 spiro atoms. The summed E-state index contributed by atoms with van der Waals surface area (Å²) in [7, 11) is 1.70. The summed E-state index contributed by atoms with van der Waals surface area (Å²) in [5, 5.41) is 0. The summed E-state index contributed by atoms with van der Waals surface area (Å²) in [6.45, 7) is 4.36. The van der Waals surface area contributed by atoms with Crippen LogP contribution in [0.5, 0.6) is 0 Å². The first-order valence-corrected chi connectivity index (χ1v) is 2.83. The molecule has 0 aromatic heterocycles. The minimum atomic E-state index is 0.758. The van der Waals surface area contributed by atoms with E-state index in [4.69, 9.17) is 4.74 Å². The summed E-state index contributed by atoms with van der Waals surface area (Å²) in [5.41, 5.74) is 0. The van der Waals surface area contributed by atoms with Crippen molar-refractivity contribution >= 4 is 0 Å². The summed E-state index contributed by atoms with van der Waals surface area (Å²) >= 11 is 0. The highest BCUT2D eigenvalue weighted by molar-refractivity contribution is 4.72. The van der Waals surface area contributed by atoms with E-state index in [1.807, 2.05) is 6.08 Å². The average molecular weight is 113 g/mol. The van der Waals surface area contributed by atoms with Crippen molar-refractivity contribution in [2.24, 2.45) is 0 Å². The van der Waals surface area contributed by atoms with Gasteiger partial charge in [-0.1, -0.05) is 6.08 Å². The number of unbranched alkanes of at least 4 members (excludes halogenated alkanes) is 2. The van der Waals surface area contributed by atoms with E-state index >= 15 is 0 Å². The zero-order valence-electron chi connectivity index (χ0n) is 5.39. The van der Waals surface area contributed by atoms with Gasteiger partial charge in [0.1, 0.15) is 0 Å². The zero-order chi connectivity index (χ0) is 6.24.